The Morgan fingerprint density at radius 2 is 1.66 bits per heavy atom. The fourth-order valence-corrected chi connectivity index (χ4v) is 2.96. The van der Waals surface area contributed by atoms with Crippen molar-refractivity contribution >= 4 is 29.0 Å². The highest BCUT2D eigenvalue weighted by Crippen LogP contribution is 2.32. The fourth-order valence-electron chi connectivity index (χ4n) is 2.96. The van der Waals surface area contributed by atoms with E-state index in [2.05, 4.69) is 0 Å². The van der Waals surface area contributed by atoms with Crippen LogP contribution in [0.3, 0.4) is 0 Å². The molecule has 0 unspecified atom stereocenters. The van der Waals surface area contributed by atoms with Crippen molar-refractivity contribution in [1.29, 1.82) is 0 Å². The van der Waals surface area contributed by atoms with Crippen LogP contribution in [-0.4, -0.2) is 43.2 Å². The Bertz CT molecular complexity index is 1010. The van der Waals surface area contributed by atoms with E-state index in [1.807, 2.05) is 19.9 Å². The molecule has 150 valence electrons. The van der Waals surface area contributed by atoms with Crippen LogP contribution in [0.5, 0.6) is 0 Å². The fraction of sp³-hybridized carbons (Fsp3) is 0.227. The molecule has 0 saturated heterocycles. The second-order valence-electron chi connectivity index (χ2n) is 6.64. The topological polar surface area (TPSA) is 93.1 Å². The maximum Gasteiger partial charge on any atom is 0.338 e. The number of aliphatic hydroxyl groups is 1. The lowest BCUT2D eigenvalue weighted by atomic mass is 10.00. The number of carbonyl (C=O) groups excluding carboxylic acids is 3. The van der Waals surface area contributed by atoms with Crippen molar-refractivity contribution < 1.29 is 29.0 Å². The normalized spacial score (nSPS) is 14.0. The highest BCUT2D eigenvalue weighted by molar-refractivity contribution is 6.44. The first-order chi connectivity index (χ1) is 13.8. The summed E-state index contributed by atoms with van der Waals surface area (Å²) in [4.78, 5) is 38.3. The third-order valence-corrected chi connectivity index (χ3v) is 4.74. The van der Waals surface area contributed by atoms with E-state index >= 15 is 0 Å². The molecule has 1 heterocycles. The van der Waals surface area contributed by atoms with Gasteiger partial charge in [0.15, 0.2) is 5.76 Å². The molecule has 0 bridgehead atoms. The lowest BCUT2D eigenvalue weighted by Crippen LogP contribution is -2.31. The number of aliphatic hydroxyl groups excluding tert-OH is 1. The van der Waals surface area contributed by atoms with Gasteiger partial charge in [0.25, 0.3) is 5.91 Å². The molecule has 1 N–H and O–H groups in total. The van der Waals surface area contributed by atoms with Gasteiger partial charge < -0.3 is 14.6 Å². The highest BCUT2D eigenvalue weighted by atomic mass is 16.6. The first-order valence-electron chi connectivity index (χ1n) is 9.01. The summed E-state index contributed by atoms with van der Waals surface area (Å²) in [5.74, 6) is -2.56. The molecular formula is C22H21NO6. The van der Waals surface area contributed by atoms with Gasteiger partial charge in [0, 0.05) is 7.11 Å². The first kappa shape index (κ1) is 20.3. The number of anilines is 1. The second kappa shape index (κ2) is 8.28. The summed E-state index contributed by atoms with van der Waals surface area (Å²) in [6.45, 7) is 4.23. The van der Waals surface area contributed by atoms with Gasteiger partial charge in [0.1, 0.15) is 6.61 Å². The summed E-state index contributed by atoms with van der Waals surface area (Å²) in [7, 11) is 1.50. The van der Waals surface area contributed by atoms with Crippen LogP contribution in [0, 0.1) is 13.8 Å². The minimum Gasteiger partial charge on any atom is -0.502 e. The molecule has 2 aromatic carbocycles. The Labute approximate surface area is 168 Å². The van der Waals surface area contributed by atoms with Gasteiger partial charge in [-0.3, -0.25) is 9.59 Å². The number of rotatable bonds is 6. The molecule has 3 rings (SSSR count). The number of hydrogen-bond acceptors (Lipinski definition) is 6. The van der Waals surface area contributed by atoms with Crippen LogP contribution in [0.1, 0.15) is 27.0 Å². The van der Waals surface area contributed by atoms with Crippen LogP contribution < -0.4 is 4.90 Å². The van der Waals surface area contributed by atoms with Gasteiger partial charge in [-0.15, -0.1) is 0 Å². The third-order valence-electron chi connectivity index (χ3n) is 4.74. The Hall–Kier alpha value is -3.45. The third kappa shape index (κ3) is 3.90. The number of ether oxygens (including phenoxy) is 2. The van der Waals surface area contributed by atoms with E-state index in [1.54, 1.807) is 12.1 Å². The molecule has 0 fully saturated rings. The monoisotopic (exact) mass is 395 g/mol. The molecule has 0 aliphatic carbocycles. The van der Waals surface area contributed by atoms with Crippen LogP contribution in [0.15, 0.2) is 48.2 Å². The molecule has 0 aromatic heterocycles. The molecule has 7 heteroatoms. The number of hydrogen-bond donors (Lipinski definition) is 1. The van der Waals surface area contributed by atoms with E-state index in [9.17, 15) is 19.5 Å². The van der Waals surface area contributed by atoms with Crippen molar-refractivity contribution in [3.05, 3.63) is 70.5 Å². The molecule has 29 heavy (non-hydrogen) atoms. The highest BCUT2D eigenvalue weighted by Gasteiger charge is 2.40. The van der Waals surface area contributed by atoms with Crippen molar-refractivity contribution in [1.82, 2.24) is 0 Å². The zero-order valence-electron chi connectivity index (χ0n) is 16.4. The second-order valence-corrected chi connectivity index (χ2v) is 6.64. The molecule has 2 aromatic rings. The maximum absolute atomic E-state index is 12.9. The van der Waals surface area contributed by atoms with Gasteiger partial charge in [0.05, 0.1) is 23.4 Å². The number of esters is 1. The van der Waals surface area contributed by atoms with E-state index < -0.39 is 23.5 Å². The van der Waals surface area contributed by atoms with Crippen LogP contribution >= 0.6 is 0 Å². The van der Waals surface area contributed by atoms with Gasteiger partial charge in [-0.05, 0) is 54.8 Å². The van der Waals surface area contributed by atoms with E-state index in [4.69, 9.17) is 9.47 Å². The number of imide groups is 1. The molecular weight excluding hydrogens is 374 g/mol. The lowest BCUT2D eigenvalue weighted by Gasteiger charge is -2.15. The van der Waals surface area contributed by atoms with Gasteiger partial charge in [0.2, 0.25) is 0 Å². The van der Waals surface area contributed by atoms with Crippen molar-refractivity contribution in [3.8, 4) is 0 Å². The number of aryl methyl sites for hydroxylation is 2. The maximum atomic E-state index is 12.9. The number of amides is 2. The average molecular weight is 395 g/mol. The molecule has 0 atom stereocenters. The van der Waals surface area contributed by atoms with Gasteiger partial charge >= 0.3 is 11.9 Å². The van der Waals surface area contributed by atoms with E-state index in [0.717, 1.165) is 16.0 Å². The molecule has 7 nitrogen and oxygen atoms in total. The Morgan fingerprint density at radius 3 is 2.28 bits per heavy atom. The van der Waals surface area contributed by atoms with Gasteiger partial charge in [-0.2, -0.15) is 0 Å². The summed E-state index contributed by atoms with van der Waals surface area (Å²) < 4.78 is 9.85. The standard InChI is InChI=1S/C22H21NO6/c1-13-4-5-16(12-14(13)2)18-19(24)21(26)23(20(18)25)17-8-6-15(7-9-17)22(27)29-11-10-28-3/h4-9,12,24H,10-11H2,1-3H3. The number of nitrogens with zero attached hydrogens (tertiary/aromatic N) is 1. The number of carbonyl (C=O) groups is 3. The molecule has 0 saturated carbocycles. The van der Waals surface area contributed by atoms with Crippen LogP contribution in [0.25, 0.3) is 5.57 Å². The quantitative estimate of drug-likeness (QED) is 0.459. The first-order valence-corrected chi connectivity index (χ1v) is 9.01. The molecule has 1 aliphatic rings. The Kier molecular flexibility index (Phi) is 5.79. The predicted octanol–water partition coefficient (Wildman–Crippen LogP) is 2.95. The zero-order valence-corrected chi connectivity index (χ0v) is 16.4. The summed E-state index contributed by atoms with van der Waals surface area (Å²) in [5, 5.41) is 10.3. The number of benzene rings is 2. The van der Waals surface area contributed by atoms with E-state index in [0.29, 0.717) is 5.56 Å². The van der Waals surface area contributed by atoms with Crippen LogP contribution in [0.4, 0.5) is 5.69 Å². The summed E-state index contributed by atoms with van der Waals surface area (Å²) in [5.41, 5.74) is 2.94. The molecule has 0 radical (unpaired) electrons. The predicted molar refractivity (Wildman–Crippen MR) is 107 cm³/mol. The van der Waals surface area contributed by atoms with Gasteiger partial charge in [-0.25, -0.2) is 9.69 Å². The summed E-state index contributed by atoms with van der Waals surface area (Å²) in [6.07, 6.45) is 0. The number of methoxy groups -OCH3 is 1. The lowest BCUT2D eigenvalue weighted by molar-refractivity contribution is -0.121. The SMILES string of the molecule is COCCOC(=O)c1ccc(N2C(=O)C(O)=C(c3ccc(C)c(C)c3)C2=O)cc1. The molecule has 2 amide bonds. The Balaban J connectivity index is 1.84. The zero-order chi connectivity index (χ0) is 21.1. The van der Waals surface area contributed by atoms with Crippen LogP contribution in [-0.2, 0) is 19.1 Å². The molecule has 0 spiro atoms. The molecule has 1 aliphatic heterocycles. The van der Waals surface area contributed by atoms with Crippen molar-refractivity contribution in [2.75, 3.05) is 25.2 Å². The average Bonchev–Trinajstić information content (AvgIpc) is 2.93. The van der Waals surface area contributed by atoms with Crippen molar-refractivity contribution in [3.63, 3.8) is 0 Å². The minimum atomic E-state index is -0.807. The van der Waals surface area contributed by atoms with Crippen LogP contribution in [0.2, 0.25) is 0 Å². The van der Waals surface area contributed by atoms with Crippen molar-refractivity contribution in [2.45, 2.75) is 13.8 Å². The summed E-state index contributed by atoms with van der Waals surface area (Å²) >= 11 is 0. The Morgan fingerprint density at radius 1 is 0.966 bits per heavy atom. The van der Waals surface area contributed by atoms with Gasteiger partial charge in [-0.1, -0.05) is 18.2 Å². The largest absolute Gasteiger partial charge is 0.502 e. The minimum absolute atomic E-state index is 0.0406. The van der Waals surface area contributed by atoms with E-state index in [-0.39, 0.29) is 30.0 Å². The smallest absolute Gasteiger partial charge is 0.338 e. The summed E-state index contributed by atoms with van der Waals surface area (Å²) in [6, 6.07) is 11.1. The van der Waals surface area contributed by atoms with E-state index in [1.165, 1.54) is 31.4 Å². The van der Waals surface area contributed by atoms with Crippen molar-refractivity contribution in [2.24, 2.45) is 0 Å².